The summed E-state index contributed by atoms with van der Waals surface area (Å²) in [6, 6.07) is 7.46. The fraction of sp³-hybridized carbons (Fsp3) is 0.625. The van der Waals surface area contributed by atoms with Crippen molar-refractivity contribution in [1.82, 2.24) is 4.72 Å². The molecule has 1 fully saturated rings. The first-order valence-electron chi connectivity index (χ1n) is 7.76. The standard InChI is InChI=1S/C16H26N2O2S/c1-13-6-2-3-8-15(13)11-18-21(19,20)12-16-9-5-4-7-14(16)10-17/h4-5,7,9,13,15,18H,2-3,6,8,10-12,17H2,1H3. The lowest BCUT2D eigenvalue weighted by atomic mass is 9.81. The Balaban J connectivity index is 1.95. The maximum absolute atomic E-state index is 12.3. The average molecular weight is 310 g/mol. The molecule has 0 bridgehead atoms. The van der Waals surface area contributed by atoms with E-state index in [0.717, 1.165) is 17.5 Å². The highest BCUT2D eigenvalue weighted by atomic mass is 32.2. The van der Waals surface area contributed by atoms with Gasteiger partial charge in [0, 0.05) is 13.1 Å². The van der Waals surface area contributed by atoms with E-state index in [1.165, 1.54) is 19.3 Å². The lowest BCUT2D eigenvalue weighted by molar-refractivity contribution is 0.257. The van der Waals surface area contributed by atoms with E-state index in [1.54, 1.807) is 0 Å². The molecule has 2 unspecified atom stereocenters. The summed E-state index contributed by atoms with van der Waals surface area (Å²) in [7, 11) is -3.30. The largest absolute Gasteiger partial charge is 0.326 e. The van der Waals surface area contributed by atoms with E-state index in [4.69, 9.17) is 5.73 Å². The van der Waals surface area contributed by atoms with Crippen LogP contribution in [0.5, 0.6) is 0 Å². The van der Waals surface area contributed by atoms with Crippen molar-refractivity contribution in [3.8, 4) is 0 Å². The molecular weight excluding hydrogens is 284 g/mol. The molecule has 1 aliphatic rings. The molecule has 2 atom stereocenters. The van der Waals surface area contributed by atoms with E-state index >= 15 is 0 Å². The second-order valence-corrected chi connectivity index (χ2v) is 7.91. The van der Waals surface area contributed by atoms with Gasteiger partial charge in [-0.3, -0.25) is 0 Å². The van der Waals surface area contributed by atoms with Crippen LogP contribution >= 0.6 is 0 Å². The molecule has 0 spiro atoms. The Kier molecular flexibility index (Phi) is 5.79. The Labute approximate surface area is 128 Å². The molecule has 5 heteroatoms. The lowest BCUT2D eigenvalue weighted by Crippen LogP contribution is -2.34. The Morgan fingerprint density at radius 3 is 2.52 bits per heavy atom. The van der Waals surface area contributed by atoms with Crippen molar-refractivity contribution in [2.24, 2.45) is 17.6 Å². The van der Waals surface area contributed by atoms with Gasteiger partial charge in [0.25, 0.3) is 0 Å². The molecule has 0 aliphatic heterocycles. The molecule has 1 aromatic rings. The predicted molar refractivity (Wildman–Crippen MR) is 86.1 cm³/mol. The minimum atomic E-state index is -3.30. The lowest BCUT2D eigenvalue weighted by Gasteiger charge is -2.28. The van der Waals surface area contributed by atoms with Gasteiger partial charge in [0.15, 0.2) is 0 Å². The van der Waals surface area contributed by atoms with Crippen LogP contribution in [0.4, 0.5) is 0 Å². The minimum absolute atomic E-state index is 0.0154. The number of benzene rings is 1. The van der Waals surface area contributed by atoms with Gasteiger partial charge in [-0.1, -0.05) is 50.5 Å². The second-order valence-electron chi connectivity index (χ2n) is 6.10. The first-order chi connectivity index (χ1) is 10.0. The molecule has 0 aromatic heterocycles. The Hall–Kier alpha value is -0.910. The van der Waals surface area contributed by atoms with Crippen LogP contribution in [-0.4, -0.2) is 15.0 Å². The van der Waals surface area contributed by atoms with Crippen LogP contribution in [-0.2, 0) is 22.3 Å². The molecule has 3 N–H and O–H groups in total. The highest BCUT2D eigenvalue weighted by Gasteiger charge is 2.23. The Bertz CT molecular complexity index is 557. The molecule has 0 amide bonds. The fourth-order valence-corrected chi connectivity index (χ4v) is 4.34. The quantitative estimate of drug-likeness (QED) is 0.847. The zero-order valence-corrected chi connectivity index (χ0v) is 13.5. The molecule has 118 valence electrons. The van der Waals surface area contributed by atoms with Crippen molar-refractivity contribution in [2.45, 2.75) is 44.9 Å². The second kappa shape index (κ2) is 7.38. The summed E-state index contributed by atoms with van der Waals surface area (Å²) in [6.07, 6.45) is 4.83. The summed E-state index contributed by atoms with van der Waals surface area (Å²) < 4.78 is 27.3. The first kappa shape index (κ1) is 16.5. The first-order valence-corrected chi connectivity index (χ1v) is 9.41. The van der Waals surface area contributed by atoms with Crippen molar-refractivity contribution in [3.05, 3.63) is 35.4 Å². The monoisotopic (exact) mass is 310 g/mol. The van der Waals surface area contributed by atoms with E-state index in [-0.39, 0.29) is 5.75 Å². The number of nitrogens with two attached hydrogens (primary N) is 1. The molecular formula is C16H26N2O2S. The molecule has 0 heterocycles. The van der Waals surface area contributed by atoms with Gasteiger partial charge in [0.05, 0.1) is 5.75 Å². The summed E-state index contributed by atoms with van der Waals surface area (Å²) in [5.74, 6) is 1.10. The highest BCUT2D eigenvalue weighted by molar-refractivity contribution is 7.88. The Morgan fingerprint density at radius 1 is 1.19 bits per heavy atom. The van der Waals surface area contributed by atoms with Crippen LogP contribution in [0.2, 0.25) is 0 Å². The highest BCUT2D eigenvalue weighted by Crippen LogP contribution is 2.29. The van der Waals surface area contributed by atoms with Gasteiger partial charge in [-0.2, -0.15) is 0 Å². The van der Waals surface area contributed by atoms with Crippen LogP contribution in [0.3, 0.4) is 0 Å². The van der Waals surface area contributed by atoms with E-state index in [0.29, 0.717) is 24.9 Å². The summed E-state index contributed by atoms with van der Waals surface area (Å²) in [6.45, 7) is 3.15. The van der Waals surface area contributed by atoms with Crippen LogP contribution in [0.15, 0.2) is 24.3 Å². The van der Waals surface area contributed by atoms with E-state index in [1.807, 2.05) is 24.3 Å². The molecule has 1 aromatic carbocycles. The average Bonchev–Trinajstić information content (AvgIpc) is 2.47. The molecule has 2 rings (SSSR count). The molecule has 21 heavy (non-hydrogen) atoms. The van der Waals surface area contributed by atoms with E-state index in [9.17, 15) is 8.42 Å². The fourth-order valence-electron chi connectivity index (χ4n) is 3.08. The van der Waals surface area contributed by atoms with Crippen molar-refractivity contribution >= 4 is 10.0 Å². The third kappa shape index (κ3) is 4.80. The van der Waals surface area contributed by atoms with Crippen LogP contribution in [0.25, 0.3) is 0 Å². The summed E-state index contributed by atoms with van der Waals surface area (Å²) in [5, 5.41) is 0. The van der Waals surface area contributed by atoms with Crippen molar-refractivity contribution in [2.75, 3.05) is 6.54 Å². The number of rotatable bonds is 6. The zero-order chi connectivity index (χ0) is 15.3. The van der Waals surface area contributed by atoms with Crippen LogP contribution < -0.4 is 10.5 Å². The van der Waals surface area contributed by atoms with Gasteiger partial charge in [-0.15, -0.1) is 0 Å². The zero-order valence-electron chi connectivity index (χ0n) is 12.7. The number of sulfonamides is 1. The van der Waals surface area contributed by atoms with Crippen LogP contribution in [0, 0.1) is 11.8 Å². The van der Waals surface area contributed by atoms with E-state index in [2.05, 4.69) is 11.6 Å². The summed E-state index contributed by atoms with van der Waals surface area (Å²) >= 11 is 0. The number of hydrogen-bond donors (Lipinski definition) is 2. The van der Waals surface area contributed by atoms with Crippen molar-refractivity contribution in [1.29, 1.82) is 0 Å². The van der Waals surface area contributed by atoms with E-state index < -0.39 is 10.0 Å². The molecule has 0 radical (unpaired) electrons. The smallest absolute Gasteiger partial charge is 0.215 e. The normalized spacial score (nSPS) is 23.1. The topological polar surface area (TPSA) is 72.2 Å². The molecule has 4 nitrogen and oxygen atoms in total. The minimum Gasteiger partial charge on any atom is -0.326 e. The van der Waals surface area contributed by atoms with Gasteiger partial charge in [0.2, 0.25) is 10.0 Å². The maximum atomic E-state index is 12.3. The molecule has 1 aliphatic carbocycles. The van der Waals surface area contributed by atoms with Gasteiger partial charge in [-0.05, 0) is 29.4 Å². The third-order valence-corrected chi connectivity index (χ3v) is 5.84. The third-order valence-electron chi connectivity index (χ3n) is 4.54. The van der Waals surface area contributed by atoms with Crippen LogP contribution in [0.1, 0.15) is 43.7 Å². The number of nitrogens with one attached hydrogen (secondary N) is 1. The van der Waals surface area contributed by atoms with Gasteiger partial charge in [-0.25, -0.2) is 13.1 Å². The molecule has 1 saturated carbocycles. The van der Waals surface area contributed by atoms with Crippen molar-refractivity contribution in [3.63, 3.8) is 0 Å². The van der Waals surface area contributed by atoms with Gasteiger partial charge < -0.3 is 5.73 Å². The molecule has 0 saturated heterocycles. The number of hydrogen-bond acceptors (Lipinski definition) is 3. The summed E-state index contributed by atoms with van der Waals surface area (Å²) in [4.78, 5) is 0. The van der Waals surface area contributed by atoms with Gasteiger partial charge >= 0.3 is 0 Å². The van der Waals surface area contributed by atoms with Gasteiger partial charge in [0.1, 0.15) is 0 Å². The summed E-state index contributed by atoms with van der Waals surface area (Å²) in [5.41, 5.74) is 7.36. The SMILES string of the molecule is CC1CCCCC1CNS(=O)(=O)Cc1ccccc1CN. The maximum Gasteiger partial charge on any atom is 0.215 e. The predicted octanol–water partition coefficient (Wildman–Crippen LogP) is 2.39. The Morgan fingerprint density at radius 2 is 1.86 bits per heavy atom. The van der Waals surface area contributed by atoms with Crippen molar-refractivity contribution < 1.29 is 8.42 Å².